The summed E-state index contributed by atoms with van der Waals surface area (Å²) in [6.45, 7) is 6.53. The lowest BCUT2D eigenvalue weighted by Gasteiger charge is -2.14. The molecule has 2 rings (SSSR count). The van der Waals surface area contributed by atoms with Crippen LogP contribution in [0.1, 0.15) is 30.0 Å². The molecule has 0 aliphatic carbocycles. The van der Waals surface area contributed by atoms with Gasteiger partial charge in [-0.15, -0.1) is 0 Å². The number of nitrogens with one attached hydrogen (secondary N) is 2. The first-order chi connectivity index (χ1) is 10.9. The van der Waals surface area contributed by atoms with Crippen molar-refractivity contribution in [2.24, 2.45) is 0 Å². The minimum atomic E-state index is -0.866. The van der Waals surface area contributed by atoms with Gasteiger partial charge in [0.1, 0.15) is 0 Å². The summed E-state index contributed by atoms with van der Waals surface area (Å²) in [5.74, 6) is 0. The maximum atomic E-state index is 12.0. The topological polar surface area (TPSA) is 79.2 Å². The molecule has 7 heteroatoms. The van der Waals surface area contributed by atoms with Gasteiger partial charge in [0, 0.05) is 23.7 Å². The second-order valence-corrected chi connectivity index (χ2v) is 5.64. The molecule has 0 aliphatic heterocycles. The molecule has 0 saturated carbocycles. The van der Waals surface area contributed by atoms with Gasteiger partial charge >= 0.3 is 6.03 Å². The zero-order valence-corrected chi connectivity index (χ0v) is 14.2. The highest BCUT2D eigenvalue weighted by Crippen LogP contribution is 2.22. The molecule has 0 radical (unpaired) electrons. The fourth-order valence-electron chi connectivity index (χ4n) is 2.39. The molecule has 1 atom stereocenters. The molecule has 3 N–H and O–H groups in total. The monoisotopic (exact) mass is 336 g/mol. The SMILES string of the molecule is CCn1nc(C)c(NC(=O)NCC(O)c2ccccc2Cl)c1C. The fraction of sp³-hybridized carbons (Fsp3) is 0.375. The van der Waals surface area contributed by atoms with Crippen LogP contribution in [0.3, 0.4) is 0 Å². The van der Waals surface area contributed by atoms with Crippen LogP contribution in [0.5, 0.6) is 0 Å². The van der Waals surface area contributed by atoms with Crippen molar-refractivity contribution in [1.29, 1.82) is 0 Å². The number of anilines is 1. The lowest BCUT2D eigenvalue weighted by molar-refractivity contribution is 0.175. The Morgan fingerprint density at radius 3 is 2.70 bits per heavy atom. The van der Waals surface area contributed by atoms with Crippen molar-refractivity contribution in [1.82, 2.24) is 15.1 Å². The van der Waals surface area contributed by atoms with Crippen LogP contribution in [0.25, 0.3) is 0 Å². The number of aliphatic hydroxyl groups is 1. The Hall–Kier alpha value is -2.05. The Bertz CT molecular complexity index is 699. The largest absolute Gasteiger partial charge is 0.387 e. The van der Waals surface area contributed by atoms with E-state index in [1.165, 1.54) is 0 Å². The molecule has 1 unspecified atom stereocenters. The summed E-state index contributed by atoms with van der Waals surface area (Å²) in [5, 5.41) is 20.4. The molecule has 0 spiro atoms. The molecule has 124 valence electrons. The zero-order chi connectivity index (χ0) is 17.0. The number of aliphatic hydroxyl groups excluding tert-OH is 1. The Kier molecular flexibility index (Phi) is 5.63. The molecular formula is C16H21ClN4O2. The minimum Gasteiger partial charge on any atom is -0.387 e. The van der Waals surface area contributed by atoms with Gasteiger partial charge in [0.05, 0.1) is 23.2 Å². The number of urea groups is 1. The summed E-state index contributed by atoms with van der Waals surface area (Å²) >= 11 is 6.03. The number of halogens is 1. The number of rotatable bonds is 5. The third-order valence-corrected chi connectivity index (χ3v) is 3.98. The summed E-state index contributed by atoms with van der Waals surface area (Å²) in [6, 6.07) is 6.61. The van der Waals surface area contributed by atoms with Gasteiger partial charge in [-0.1, -0.05) is 29.8 Å². The number of hydrogen-bond donors (Lipinski definition) is 3. The summed E-state index contributed by atoms with van der Waals surface area (Å²) in [6.07, 6.45) is -0.866. The predicted molar refractivity (Wildman–Crippen MR) is 90.8 cm³/mol. The van der Waals surface area contributed by atoms with Crippen LogP contribution in [0, 0.1) is 13.8 Å². The fourth-order valence-corrected chi connectivity index (χ4v) is 2.65. The maximum absolute atomic E-state index is 12.0. The van der Waals surface area contributed by atoms with Crippen molar-refractivity contribution in [2.45, 2.75) is 33.4 Å². The van der Waals surface area contributed by atoms with Crippen LogP contribution >= 0.6 is 11.6 Å². The van der Waals surface area contributed by atoms with Gasteiger partial charge < -0.3 is 15.7 Å². The van der Waals surface area contributed by atoms with Crippen molar-refractivity contribution in [3.8, 4) is 0 Å². The minimum absolute atomic E-state index is 0.0651. The number of amides is 2. The Morgan fingerprint density at radius 2 is 2.09 bits per heavy atom. The zero-order valence-electron chi connectivity index (χ0n) is 13.4. The van der Waals surface area contributed by atoms with Gasteiger partial charge in [-0.05, 0) is 26.8 Å². The van der Waals surface area contributed by atoms with E-state index in [1.54, 1.807) is 24.3 Å². The molecule has 2 amide bonds. The summed E-state index contributed by atoms with van der Waals surface area (Å²) in [4.78, 5) is 12.0. The first-order valence-corrected chi connectivity index (χ1v) is 7.83. The Labute approximate surface area is 140 Å². The molecule has 1 heterocycles. The highest BCUT2D eigenvalue weighted by Gasteiger charge is 2.15. The van der Waals surface area contributed by atoms with Crippen LogP contribution in [-0.2, 0) is 6.54 Å². The lowest BCUT2D eigenvalue weighted by atomic mass is 10.1. The quantitative estimate of drug-likeness (QED) is 0.785. The van der Waals surface area contributed by atoms with Crippen LogP contribution in [-0.4, -0.2) is 27.5 Å². The summed E-state index contributed by atoms with van der Waals surface area (Å²) in [5.41, 5.74) is 2.93. The van der Waals surface area contributed by atoms with Gasteiger partial charge in [-0.3, -0.25) is 4.68 Å². The average Bonchev–Trinajstić information content (AvgIpc) is 2.80. The van der Waals surface area contributed by atoms with E-state index in [4.69, 9.17) is 11.6 Å². The normalized spacial score (nSPS) is 12.0. The van der Waals surface area contributed by atoms with Gasteiger partial charge in [0.15, 0.2) is 0 Å². The predicted octanol–water partition coefficient (Wildman–Crippen LogP) is 3.03. The van der Waals surface area contributed by atoms with Crippen molar-refractivity contribution in [2.75, 3.05) is 11.9 Å². The van der Waals surface area contributed by atoms with Crippen LogP contribution in [0.4, 0.5) is 10.5 Å². The third-order valence-electron chi connectivity index (χ3n) is 3.64. The summed E-state index contributed by atoms with van der Waals surface area (Å²) in [7, 11) is 0. The maximum Gasteiger partial charge on any atom is 0.319 e. The van der Waals surface area contributed by atoms with E-state index in [2.05, 4.69) is 15.7 Å². The van der Waals surface area contributed by atoms with Crippen LogP contribution in [0.15, 0.2) is 24.3 Å². The van der Waals surface area contributed by atoms with Gasteiger partial charge in [-0.2, -0.15) is 5.10 Å². The number of aryl methyl sites for hydroxylation is 2. The molecule has 0 fully saturated rings. The summed E-state index contributed by atoms with van der Waals surface area (Å²) < 4.78 is 1.82. The third kappa shape index (κ3) is 4.03. The first-order valence-electron chi connectivity index (χ1n) is 7.45. The van der Waals surface area contributed by atoms with Crippen molar-refractivity contribution in [3.63, 3.8) is 0 Å². The van der Waals surface area contributed by atoms with E-state index in [0.29, 0.717) is 16.3 Å². The number of carbonyl (C=O) groups excluding carboxylic acids is 1. The number of hydrogen-bond acceptors (Lipinski definition) is 3. The standard InChI is InChI=1S/C16H21ClN4O2/c1-4-21-11(3)15(10(2)20-21)19-16(23)18-9-14(22)12-7-5-6-8-13(12)17/h5-8,14,22H,4,9H2,1-3H3,(H2,18,19,23). The average molecular weight is 337 g/mol. The second-order valence-electron chi connectivity index (χ2n) is 5.23. The van der Waals surface area contributed by atoms with E-state index in [9.17, 15) is 9.90 Å². The number of carbonyl (C=O) groups is 1. The molecule has 6 nitrogen and oxygen atoms in total. The van der Waals surface area contributed by atoms with E-state index in [1.807, 2.05) is 25.5 Å². The molecule has 1 aromatic carbocycles. The van der Waals surface area contributed by atoms with E-state index in [-0.39, 0.29) is 6.54 Å². The van der Waals surface area contributed by atoms with Gasteiger partial charge in [0.25, 0.3) is 0 Å². The van der Waals surface area contributed by atoms with Crippen molar-refractivity contribution >= 4 is 23.3 Å². The molecule has 0 saturated heterocycles. The van der Waals surface area contributed by atoms with Gasteiger partial charge in [0.2, 0.25) is 0 Å². The first kappa shape index (κ1) is 17.3. The smallest absolute Gasteiger partial charge is 0.319 e. The lowest BCUT2D eigenvalue weighted by Crippen LogP contribution is -2.32. The highest BCUT2D eigenvalue weighted by atomic mass is 35.5. The second kappa shape index (κ2) is 7.48. The molecule has 2 aromatic rings. The van der Waals surface area contributed by atoms with E-state index >= 15 is 0 Å². The molecule has 23 heavy (non-hydrogen) atoms. The van der Waals surface area contributed by atoms with E-state index in [0.717, 1.165) is 17.9 Å². The molecule has 0 aliphatic rings. The highest BCUT2D eigenvalue weighted by molar-refractivity contribution is 6.31. The van der Waals surface area contributed by atoms with Crippen LogP contribution < -0.4 is 10.6 Å². The Morgan fingerprint density at radius 1 is 1.39 bits per heavy atom. The number of nitrogens with zero attached hydrogens (tertiary/aromatic N) is 2. The number of benzene rings is 1. The van der Waals surface area contributed by atoms with Gasteiger partial charge in [-0.25, -0.2) is 4.79 Å². The van der Waals surface area contributed by atoms with E-state index < -0.39 is 12.1 Å². The molecule has 1 aromatic heterocycles. The van der Waals surface area contributed by atoms with Crippen molar-refractivity contribution < 1.29 is 9.90 Å². The van der Waals surface area contributed by atoms with Crippen molar-refractivity contribution in [3.05, 3.63) is 46.2 Å². The Balaban J connectivity index is 1.96. The number of aromatic nitrogens is 2. The van der Waals surface area contributed by atoms with Crippen LogP contribution in [0.2, 0.25) is 5.02 Å². The molecular weight excluding hydrogens is 316 g/mol. The molecule has 0 bridgehead atoms.